The minimum atomic E-state index is -0.361. The minimum Gasteiger partial charge on any atom is -0.358 e. The molecule has 0 aromatic carbocycles. The van der Waals surface area contributed by atoms with Crippen LogP contribution in [0.15, 0.2) is 0 Å². The van der Waals surface area contributed by atoms with Gasteiger partial charge in [-0.2, -0.15) is 0 Å². The smallest absolute Gasteiger partial charge is 0.145 e. The van der Waals surface area contributed by atoms with Crippen LogP contribution < -0.4 is 0 Å². The Balaban J connectivity index is 4.00. The molecule has 0 aliphatic carbocycles. The van der Waals surface area contributed by atoms with E-state index in [-0.39, 0.29) is 29.9 Å². The molecule has 0 aliphatic heterocycles. The van der Waals surface area contributed by atoms with Crippen LogP contribution in [0.3, 0.4) is 0 Å². The Labute approximate surface area is 171 Å². The number of methoxy groups -OCH3 is 4. The van der Waals surface area contributed by atoms with Gasteiger partial charge in [0, 0.05) is 52.8 Å². The van der Waals surface area contributed by atoms with Crippen LogP contribution in [0.4, 0.5) is 0 Å². The highest BCUT2D eigenvalue weighted by Crippen LogP contribution is 2.37. The number of hydrogen-bond acceptors (Lipinski definition) is 7. The molecule has 0 aliphatic rings. The van der Waals surface area contributed by atoms with Gasteiger partial charge in [0.2, 0.25) is 0 Å². The standard InChI is InChI=1S/C16H38O4S3Si2/c1-7-13-24-15(17-3,18-4)9-11-21-23-22-12-10-16(19-5,20-6)25-14-8-2/h7-14,24-25H2,1-6H3. The second-order valence-electron chi connectivity index (χ2n) is 6.06. The van der Waals surface area contributed by atoms with Crippen LogP contribution in [0.2, 0.25) is 12.1 Å². The average molecular weight is 447 g/mol. The molecule has 0 rings (SSSR count). The van der Waals surface area contributed by atoms with Crippen LogP contribution in [0.1, 0.15) is 39.5 Å². The first kappa shape index (κ1) is 26.3. The fraction of sp³-hybridized carbons (Fsp3) is 1.00. The van der Waals surface area contributed by atoms with Gasteiger partial charge in [-0.15, -0.1) is 0 Å². The van der Waals surface area contributed by atoms with Gasteiger partial charge in [-0.3, -0.25) is 0 Å². The Kier molecular flexibility index (Phi) is 17.2. The number of hydrogen-bond donors (Lipinski definition) is 0. The molecule has 25 heavy (non-hydrogen) atoms. The summed E-state index contributed by atoms with van der Waals surface area (Å²) in [5.74, 6) is 2.11. The second kappa shape index (κ2) is 16.3. The highest BCUT2D eigenvalue weighted by atomic mass is 33.5. The number of ether oxygens (including phenoxy) is 4. The van der Waals surface area contributed by atoms with Crippen molar-refractivity contribution in [3.8, 4) is 0 Å². The van der Waals surface area contributed by atoms with Gasteiger partial charge in [-0.25, -0.2) is 0 Å². The van der Waals surface area contributed by atoms with Crippen LogP contribution in [0, 0.1) is 0 Å². The predicted octanol–water partition coefficient (Wildman–Crippen LogP) is 3.68. The molecular weight excluding hydrogens is 409 g/mol. The van der Waals surface area contributed by atoms with E-state index in [9.17, 15) is 0 Å². The zero-order valence-electron chi connectivity index (χ0n) is 16.9. The Morgan fingerprint density at radius 2 is 1.04 bits per heavy atom. The van der Waals surface area contributed by atoms with Crippen LogP contribution in [0.5, 0.6) is 0 Å². The largest absolute Gasteiger partial charge is 0.358 e. The minimum absolute atomic E-state index is 0.277. The Hall–Kier alpha value is 1.32. The lowest BCUT2D eigenvalue weighted by atomic mass is 10.4. The molecule has 0 N–H and O–H groups in total. The maximum atomic E-state index is 5.71. The third-order valence-corrected chi connectivity index (χ3v) is 14.3. The summed E-state index contributed by atoms with van der Waals surface area (Å²) >= 11 is 0. The normalized spacial score (nSPS) is 13.7. The lowest BCUT2D eigenvalue weighted by molar-refractivity contribution is -0.145. The summed E-state index contributed by atoms with van der Waals surface area (Å²) in [5, 5.41) is 0. The molecule has 0 bridgehead atoms. The third-order valence-electron chi connectivity index (χ3n) is 4.54. The molecule has 0 radical (unpaired) electrons. The molecule has 4 nitrogen and oxygen atoms in total. The maximum Gasteiger partial charge on any atom is 0.145 e. The van der Waals surface area contributed by atoms with Crippen molar-refractivity contribution in [2.24, 2.45) is 0 Å². The van der Waals surface area contributed by atoms with Crippen molar-refractivity contribution >= 4 is 50.5 Å². The van der Waals surface area contributed by atoms with Gasteiger partial charge in [0.15, 0.2) is 0 Å². The van der Waals surface area contributed by atoms with Gasteiger partial charge < -0.3 is 18.9 Å². The quantitative estimate of drug-likeness (QED) is 0.138. The van der Waals surface area contributed by atoms with Gasteiger partial charge >= 0.3 is 0 Å². The first-order valence-electron chi connectivity index (χ1n) is 9.19. The van der Waals surface area contributed by atoms with E-state index in [0.29, 0.717) is 0 Å². The summed E-state index contributed by atoms with van der Waals surface area (Å²) in [6, 6.07) is 2.54. The van der Waals surface area contributed by atoms with E-state index in [0.717, 1.165) is 24.3 Å². The van der Waals surface area contributed by atoms with E-state index in [4.69, 9.17) is 18.9 Å². The summed E-state index contributed by atoms with van der Waals surface area (Å²) < 4.78 is 22.8. The molecule has 0 amide bonds. The van der Waals surface area contributed by atoms with Crippen molar-refractivity contribution in [2.45, 2.75) is 62.4 Å². The van der Waals surface area contributed by atoms with Crippen molar-refractivity contribution in [1.29, 1.82) is 0 Å². The summed E-state index contributed by atoms with van der Waals surface area (Å²) in [6.45, 7) is 4.46. The zero-order valence-corrected chi connectivity index (χ0v) is 22.2. The highest BCUT2D eigenvalue weighted by Gasteiger charge is 2.29. The van der Waals surface area contributed by atoms with Crippen molar-refractivity contribution in [2.75, 3.05) is 39.9 Å². The monoisotopic (exact) mass is 446 g/mol. The van der Waals surface area contributed by atoms with E-state index < -0.39 is 0 Å². The van der Waals surface area contributed by atoms with Crippen LogP contribution in [-0.4, -0.2) is 69.8 Å². The Morgan fingerprint density at radius 3 is 1.32 bits per heavy atom. The van der Waals surface area contributed by atoms with Gasteiger partial charge in [0.1, 0.15) is 10.8 Å². The Bertz CT molecular complexity index is 279. The molecule has 9 heteroatoms. The molecule has 0 fully saturated rings. The SMILES string of the molecule is CCC[SiH2]C(CCSSSCCC(OC)(OC)[SiH2]CCC)(OC)OC. The van der Waals surface area contributed by atoms with Crippen molar-refractivity contribution in [3.05, 3.63) is 0 Å². The fourth-order valence-corrected chi connectivity index (χ4v) is 10.5. The summed E-state index contributed by atoms with van der Waals surface area (Å²) in [5.41, 5.74) is -0.553. The van der Waals surface area contributed by atoms with E-state index >= 15 is 0 Å². The first-order valence-corrected chi connectivity index (χ1v) is 16.4. The lowest BCUT2D eigenvalue weighted by Crippen LogP contribution is -2.41. The van der Waals surface area contributed by atoms with Crippen LogP contribution in [-0.2, 0) is 18.9 Å². The van der Waals surface area contributed by atoms with E-state index in [1.807, 2.05) is 31.4 Å². The molecule has 0 aromatic rings. The van der Waals surface area contributed by atoms with Gasteiger partial charge in [-0.05, 0) is 9.83 Å². The van der Waals surface area contributed by atoms with Gasteiger partial charge in [0.25, 0.3) is 0 Å². The van der Waals surface area contributed by atoms with E-state index in [1.54, 1.807) is 28.4 Å². The summed E-state index contributed by atoms with van der Waals surface area (Å²) in [4.78, 5) is 0. The topological polar surface area (TPSA) is 36.9 Å². The molecule has 0 atom stereocenters. The van der Waals surface area contributed by atoms with Crippen molar-refractivity contribution in [3.63, 3.8) is 0 Å². The summed E-state index contributed by atoms with van der Waals surface area (Å²) in [6.07, 6.45) is 4.41. The molecule has 0 saturated carbocycles. The molecule has 152 valence electrons. The Morgan fingerprint density at radius 1 is 0.680 bits per heavy atom. The zero-order chi connectivity index (χ0) is 19.0. The third kappa shape index (κ3) is 11.0. The van der Waals surface area contributed by atoms with E-state index in [1.165, 1.54) is 24.9 Å². The van der Waals surface area contributed by atoms with Crippen molar-refractivity contribution in [1.82, 2.24) is 0 Å². The van der Waals surface area contributed by atoms with Gasteiger partial charge in [0.05, 0.1) is 19.0 Å². The maximum absolute atomic E-state index is 5.71. The molecule has 0 unspecified atom stereocenters. The molecule has 0 aromatic heterocycles. The highest BCUT2D eigenvalue weighted by molar-refractivity contribution is 9.09. The summed E-state index contributed by atoms with van der Waals surface area (Å²) in [7, 11) is 12.1. The van der Waals surface area contributed by atoms with Crippen molar-refractivity contribution < 1.29 is 18.9 Å². The molecular formula is C16H38O4S3Si2. The van der Waals surface area contributed by atoms with Crippen LogP contribution >= 0.6 is 31.4 Å². The molecule has 0 saturated heterocycles. The number of rotatable bonds is 18. The molecule has 0 spiro atoms. The second-order valence-corrected chi connectivity index (χ2v) is 15.1. The van der Waals surface area contributed by atoms with E-state index in [2.05, 4.69) is 13.8 Å². The lowest BCUT2D eigenvalue weighted by Gasteiger charge is -2.31. The average Bonchev–Trinajstić information content (AvgIpc) is 2.66. The van der Waals surface area contributed by atoms with Gasteiger partial charge in [-0.1, -0.05) is 60.4 Å². The fourth-order valence-electron chi connectivity index (χ4n) is 2.62. The first-order chi connectivity index (χ1) is 12.1. The van der Waals surface area contributed by atoms with Crippen LogP contribution in [0.25, 0.3) is 0 Å². The predicted molar refractivity (Wildman–Crippen MR) is 123 cm³/mol. The molecule has 0 heterocycles.